The predicted molar refractivity (Wildman–Crippen MR) is 75.5 cm³/mol. The highest BCUT2D eigenvalue weighted by atomic mass is 35.5. The van der Waals surface area contributed by atoms with Gasteiger partial charge in [-0.1, -0.05) is 11.6 Å². The molecule has 4 nitrogen and oxygen atoms in total. The summed E-state index contributed by atoms with van der Waals surface area (Å²) in [6.07, 6.45) is 0. The van der Waals surface area contributed by atoms with E-state index in [1.807, 2.05) is 30.9 Å². The van der Waals surface area contributed by atoms with Gasteiger partial charge in [-0.25, -0.2) is 0 Å². The number of hydrogen-bond donors (Lipinski definition) is 1. The smallest absolute Gasteiger partial charge is 0.242 e. The summed E-state index contributed by atoms with van der Waals surface area (Å²) in [4.78, 5) is 14.2. The third kappa shape index (κ3) is 3.01. The zero-order chi connectivity index (χ0) is 14.0. The van der Waals surface area contributed by atoms with Crippen LogP contribution in [0, 0.1) is 0 Å². The quantitative estimate of drug-likeness (QED) is 0.923. The zero-order valence-electron chi connectivity index (χ0n) is 11.5. The molecule has 1 aliphatic rings. The van der Waals surface area contributed by atoms with Crippen molar-refractivity contribution in [2.24, 2.45) is 0 Å². The molecular formula is C14H19ClN2O2. The second kappa shape index (κ2) is 5.39. The van der Waals surface area contributed by atoms with E-state index in [4.69, 9.17) is 16.3 Å². The Bertz CT molecular complexity index is 488. The summed E-state index contributed by atoms with van der Waals surface area (Å²) in [5.74, 6) is 0.856. The largest absolute Gasteiger partial charge is 0.496 e. The molecule has 0 aliphatic carbocycles. The van der Waals surface area contributed by atoms with Crippen LogP contribution in [0.4, 0.5) is 0 Å². The Morgan fingerprint density at radius 1 is 1.47 bits per heavy atom. The molecule has 0 aromatic heterocycles. The highest BCUT2D eigenvalue weighted by Gasteiger charge is 2.35. The molecule has 1 saturated heterocycles. The lowest BCUT2D eigenvalue weighted by Gasteiger charge is -2.38. The maximum atomic E-state index is 12.3. The third-order valence-corrected chi connectivity index (χ3v) is 3.61. The van der Waals surface area contributed by atoms with E-state index in [2.05, 4.69) is 5.32 Å². The van der Waals surface area contributed by atoms with Crippen LogP contribution in [-0.2, 0) is 11.3 Å². The fourth-order valence-corrected chi connectivity index (χ4v) is 2.50. The predicted octanol–water partition coefficient (Wildman–Crippen LogP) is 2.06. The first kappa shape index (κ1) is 14.2. The number of hydrogen-bond acceptors (Lipinski definition) is 3. The number of piperazine rings is 1. The molecule has 0 atom stereocenters. The molecule has 1 amide bonds. The number of carbonyl (C=O) groups excluding carboxylic acids is 1. The first-order chi connectivity index (χ1) is 8.94. The van der Waals surface area contributed by atoms with Gasteiger partial charge in [-0.05, 0) is 32.0 Å². The third-order valence-electron chi connectivity index (χ3n) is 3.37. The van der Waals surface area contributed by atoms with Crippen molar-refractivity contribution in [3.8, 4) is 5.75 Å². The maximum absolute atomic E-state index is 12.3. The van der Waals surface area contributed by atoms with Gasteiger partial charge in [0.15, 0.2) is 0 Å². The fraction of sp³-hybridized carbons (Fsp3) is 0.500. The van der Waals surface area contributed by atoms with Crippen LogP contribution in [0.5, 0.6) is 5.75 Å². The maximum Gasteiger partial charge on any atom is 0.242 e. The number of ether oxygens (including phenoxy) is 1. The van der Waals surface area contributed by atoms with Crippen molar-refractivity contribution in [1.82, 2.24) is 10.2 Å². The van der Waals surface area contributed by atoms with Gasteiger partial charge in [-0.3, -0.25) is 4.79 Å². The van der Waals surface area contributed by atoms with Crippen molar-refractivity contribution in [2.45, 2.75) is 25.9 Å². The minimum absolute atomic E-state index is 0.0979. The molecule has 0 saturated carbocycles. The van der Waals surface area contributed by atoms with Crippen LogP contribution < -0.4 is 10.1 Å². The number of nitrogens with zero attached hydrogens (tertiary/aromatic N) is 1. The minimum Gasteiger partial charge on any atom is -0.496 e. The van der Waals surface area contributed by atoms with Crippen LogP contribution in [0.25, 0.3) is 0 Å². The van der Waals surface area contributed by atoms with Gasteiger partial charge >= 0.3 is 0 Å². The molecular weight excluding hydrogens is 264 g/mol. The van der Waals surface area contributed by atoms with E-state index in [1.165, 1.54) is 0 Å². The number of amides is 1. The average Bonchev–Trinajstić information content (AvgIpc) is 2.35. The number of rotatable bonds is 3. The highest BCUT2D eigenvalue weighted by molar-refractivity contribution is 6.30. The van der Waals surface area contributed by atoms with Gasteiger partial charge in [0.2, 0.25) is 5.91 Å². The zero-order valence-corrected chi connectivity index (χ0v) is 12.3. The van der Waals surface area contributed by atoms with Crippen LogP contribution in [0.2, 0.25) is 5.02 Å². The minimum atomic E-state index is -0.510. The molecule has 1 fully saturated rings. The summed E-state index contributed by atoms with van der Waals surface area (Å²) >= 11 is 6.01. The van der Waals surface area contributed by atoms with Gasteiger partial charge in [0.1, 0.15) is 5.75 Å². The van der Waals surface area contributed by atoms with Gasteiger partial charge in [-0.15, -0.1) is 0 Å². The molecule has 1 aliphatic heterocycles. The van der Waals surface area contributed by atoms with Gasteiger partial charge in [0.05, 0.1) is 12.6 Å². The molecule has 1 heterocycles. The number of carbonyl (C=O) groups is 1. The summed E-state index contributed by atoms with van der Waals surface area (Å²) in [5.41, 5.74) is 0.422. The Morgan fingerprint density at radius 2 is 2.21 bits per heavy atom. The average molecular weight is 283 g/mol. The van der Waals surface area contributed by atoms with Crippen molar-refractivity contribution < 1.29 is 9.53 Å². The van der Waals surface area contributed by atoms with E-state index < -0.39 is 5.54 Å². The molecule has 0 bridgehead atoms. The summed E-state index contributed by atoms with van der Waals surface area (Å²) in [7, 11) is 1.62. The van der Waals surface area contributed by atoms with Crippen molar-refractivity contribution in [1.29, 1.82) is 0 Å². The Labute approximate surface area is 118 Å². The lowest BCUT2D eigenvalue weighted by Crippen LogP contribution is -2.60. The molecule has 0 radical (unpaired) electrons. The number of halogens is 1. The van der Waals surface area contributed by atoms with Gasteiger partial charge in [0, 0.05) is 30.2 Å². The summed E-state index contributed by atoms with van der Waals surface area (Å²) < 4.78 is 5.32. The molecule has 1 aromatic rings. The Kier molecular flexibility index (Phi) is 4.02. The molecule has 1 N–H and O–H groups in total. The van der Waals surface area contributed by atoms with Gasteiger partial charge < -0.3 is 15.0 Å². The summed E-state index contributed by atoms with van der Waals surface area (Å²) in [6, 6.07) is 5.46. The van der Waals surface area contributed by atoms with Crippen LogP contribution in [0.3, 0.4) is 0 Å². The van der Waals surface area contributed by atoms with Crippen molar-refractivity contribution >= 4 is 17.5 Å². The van der Waals surface area contributed by atoms with E-state index in [0.717, 1.165) is 17.9 Å². The van der Waals surface area contributed by atoms with E-state index in [1.54, 1.807) is 13.2 Å². The van der Waals surface area contributed by atoms with E-state index >= 15 is 0 Å². The molecule has 0 unspecified atom stereocenters. The van der Waals surface area contributed by atoms with Crippen molar-refractivity contribution in [3.05, 3.63) is 28.8 Å². The molecule has 1 aromatic carbocycles. The summed E-state index contributed by atoms with van der Waals surface area (Å²) in [6.45, 7) is 5.81. The highest BCUT2D eigenvalue weighted by Crippen LogP contribution is 2.25. The normalized spacial score (nSPS) is 18.5. The number of benzene rings is 1. The SMILES string of the molecule is COc1ccc(Cl)cc1CN1CCNC(C)(C)C1=O. The molecule has 5 heteroatoms. The van der Waals surface area contributed by atoms with E-state index in [0.29, 0.717) is 18.1 Å². The van der Waals surface area contributed by atoms with Gasteiger partial charge in [-0.2, -0.15) is 0 Å². The molecule has 2 rings (SSSR count). The first-order valence-corrected chi connectivity index (χ1v) is 6.68. The Balaban J connectivity index is 2.21. The van der Waals surface area contributed by atoms with Crippen LogP contribution in [-0.4, -0.2) is 36.5 Å². The van der Waals surface area contributed by atoms with Gasteiger partial charge in [0.25, 0.3) is 0 Å². The molecule has 104 valence electrons. The fourth-order valence-electron chi connectivity index (χ4n) is 2.30. The monoisotopic (exact) mass is 282 g/mol. The van der Waals surface area contributed by atoms with E-state index in [9.17, 15) is 4.79 Å². The van der Waals surface area contributed by atoms with Crippen LogP contribution in [0.15, 0.2) is 18.2 Å². The second-order valence-electron chi connectivity index (χ2n) is 5.23. The van der Waals surface area contributed by atoms with Crippen molar-refractivity contribution in [2.75, 3.05) is 20.2 Å². The lowest BCUT2D eigenvalue weighted by atomic mass is 10.00. The van der Waals surface area contributed by atoms with Crippen molar-refractivity contribution in [3.63, 3.8) is 0 Å². The standard InChI is InChI=1S/C14H19ClN2O2/c1-14(2)13(18)17(7-6-16-14)9-10-8-11(15)4-5-12(10)19-3/h4-5,8,16H,6-7,9H2,1-3H3. The number of methoxy groups -OCH3 is 1. The lowest BCUT2D eigenvalue weighted by molar-refractivity contribution is -0.140. The first-order valence-electron chi connectivity index (χ1n) is 6.31. The Morgan fingerprint density at radius 3 is 2.89 bits per heavy atom. The molecule has 0 spiro atoms. The molecule has 19 heavy (non-hydrogen) atoms. The summed E-state index contributed by atoms with van der Waals surface area (Å²) in [5, 5.41) is 3.87. The van der Waals surface area contributed by atoms with Crippen LogP contribution >= 0.6 is 11.6 Å². The Hall–Kier alpha value is -1.26. The van der Waals surface area contributed by atoms with Crippen LogP contribution in [0.1, 0.15) is 19.4 Å². The van der Waals surface area contributed by atoms with E-state index in [-0.39, 0.29) is 5.91 Å². The topological polar surface area (TPSA) is 41.6 Å². The number of nitrogens with one attached hydrogen (secondary N) is 1. The second-order valence-corrected chi connectivity index (χ2v) is 5.67.